The third-order valence-corrected chi connectivity index (χ3v) is 3.78. The van der Waals surface area contributed by atoms with Crippen LogP contribution in [0.3, 0.4) is 0 Å². The highest BCUT2D eigenvalue weighted by Crippen LogP contribution is 2.28. The van der Waals surface area contributed by atoms with Crippen molar-refractivity contribution in [2.75, 3.05) is 24.9 Å². The quantitative estimate of drug-likeness (QED) is 0.726. The summed E-state index contributed by atoms with van der Waals surface area (Å²) in [5.74, 6) is 0.822. The molecule has 0 radical (unpaired) electrons. The number of methoxy groups -OCH3 is 2. The van der Waals surface area contributed by atoms with Crippen molar-refractivity contribution in [3.8, 4) is 11.5 Å². The summed E-state index contributed by atoms with van der Waals surface area (Å²) in [6.45, 7) is 3.66. The van der Waals surface area contributed by atoms with Gasteiger partial charge in [0.15, 0.2) is 11.5 Å². The topological polar surface area (TPSA) is 76.7 Å². The van der Waals surface area contributed by atoms with Crippen molar-refractivity contribution >= 4 is 29.3 Å². The van der Waals surface area contributed by atoms with Gasteiger partial charge in [-0.3, -0.25) is 9.59 Å². The van der Waals surface area contributed by atoms with Gasteiger partial charge in [-0.2, -0.15) is 0 Å². The maximum absolute atomic E-state index is 12.1. The van der Waals surface area contributed by atoms with Crippen LogP contribution >= 0.6 is 0 Å². The van der Waals surface area contributed by atoms with Gasteiger partial charge >= 0.3 is 0 Å². The van der Waals surface area contributed by atoms with Crippen LogP contribution in [-0.4, -0.2) is 26.0 Å². The van der Waals surface area contributed by atoms with E-state index in [1.807, 2.05) is 19.9 Å². The van der Waals surface area contributed by atoms with E-state index < -0.39 is 0 Å². The standard InChI is InChI=1S/C21H24N2O4/c1-14(2)21(25)23-17-9-7-16(8-10-17)22-20(24)12-6-15-5-11-18(26-3)19(13-15)27-4/h5-14H,1-4H3,(H,22,24)(H,23,25). The maximum Gasteiger partial charge on any atom is 0.248 e. The molecular weight excluding hydrogens is 344 g/mol. The molecule has 2 rings (SSSR count). The molecular formula is C21H24N2O4. The minimum absolute atomic E-state index is 0.0513. The molecule has 6 nitrogen and oxygen atoms in total. The van der Waals surface area contributed by atoms with Crippen LogP contribution < -0.4 is 20.1 Å². The number of carbonyl (C=O) groups excluding carboxylic acids is 2. The fraction of sp³-hybridized carbons (Fsp3) is 0.238. The average molecular weight is 368 g/mol. The lowest BCUT2D eigenvalue weighted by Gasteiger charge is -2.09. The van der Waals surface area contributed by atoms with Gasteiger partial charge < -0.3 is 20.1 Å². The summed E-state index contributed by atoms with van der Waals surface area (Å²) in [6, 6.07) is 12.4. The van der Waals surface area contributed by atoms with Gasteiger partial charge in [-0.25, -0.2) is 0 Å². The lowest BCUT2D eigenvalue weighted by Crippen LogP contribution is -2.17. The Hall–Kier alpha value is -3.28. The molecule has 0 aliphatic heterocycles. The summed E-state index contributed by atoms with van der Waals surface area (Å²) in [4.78, 5) is 23.8. The molecule has 0 aliphatic carbocycles. The van der Waals surface area contributed by atoms with E-state index in [1.165, 1.54) is 6.08 Å². The Morgan fingerprint density at radius 2 is 1.48 bits per heavy atom. The average Bonchev–Trinajstić information content (AvgIpc) is 2.67. The zero-order valence-electron chi connectivity index (χ0n) is 15.9. The van der Waals surface area contributed by atoms with Gasteiger partial charge in [0.25, 0.3) is 0 Å². The van der Waals surface area contributed by atoms with Gasteiger partial charge in [-0.05, 0) is 48.0 Å². The molecule has 2 N–H and O–H groups in total. The Kier molecular flexibility index (Phi) is 7.00. The first-order valence-corrected chi connectivity index (χ1v) is 8.55. The van der Waals surface area contributed by atoms with E-state index in [0.29, 0.717) is 22.9 Å². The van der Waals surface area contributed by atoms with E-state index in [9.17, 15) is 9.59 Å². The fourth-order valence-corrected chi connectivity index (χ4v) is 2.24. The molecule has 6 heteroatoms. The molecule has 0 fully saturated rings. The predicted octanol–water partition coefficient (Wildman–Crippen LogP) is 3.95. The Balaban J connectivity index is 1.97. The first kappa shape index (κ1) is 20.0. The lowest BCUT2D eigenvalue weighted by molar-refractivity contribution is -0.119. The number of amides is 2. The second-order valence-corrected chi connectivity index (χ2v) is 6.16. The summed E-state index contributed by atoms with van der Waals surface area (Å²) in [6.07, 6.45) is 3.13. The molecule has 27 heavy (non-hydrogen) atoms. The summed E-state index contributed by atoms with van der Waals surface area (Å²) < 4.78 is 10.4. The van der Waals surface area contributed by atoms with Crippen LogP contribution in [0.2, 0.25) is 0 Å². The van der Waals surface area contributed by atoms with Crippen LogP contribution in [0, 0.1) is 5.92 Å². The summed E-state index contributed by atoms with van der Waals surface area (Å²) >= 11 is 0. The number of benzene rings is 2. The number of hydrogen-bond donors (Lipinski definition) is 2. The number of hydrogen-bond acceptors (Lipinski definition) is 4. The molecule has 2 aromatic rings. The normalized spacial score (nSPS) is 10.7. The van der Waals surface area contributed by atoms with Crippen LogP contribution in [0.1, 0.15) is 19.4 Å². The largest absolute Gasteiger partial charge is 0.493 e. The van der Waals surface area contributed by atoms with Crippen molar-refractivity contribution in [1.29, 1.82) is 0 Å². The number of rotatable bonds is 7. The molecule has 142 valence electrons. The molecule has 2 aromatic carbocycles. The minimum Gasteiger partial charge on any atom is -0.493 e. The molecule has 2 amide bonds. The van der Waals surface area contributed by atoms with Crippen molar-refractivity contribution in [2.24, 2.45) is 5.92 Å². The highest BCUT2D eigenvalue weighted by Gasteiger charge is 2.07. The first-order chi connectivity index (χ1) is 12.9. The van der Waals surface area contributed by atoms with Crippen molar-refractivity contribution < 1.29 is 19.1 Å². The van der Waals surface area contributed by atoms with Crippen LogP contribution in [0.15, 0.2) is 48.5 Å². The molecule has 0 aromatic heterocycles. The van der Waals surface area contributed by atoms with Crippen LogP contribution in [-0.2, 0) is 9.59 Å². The van der Waals surface area contributed by atoms with E-state index in [0.717, 1.165) is 5.56 Å². The summed E-state index contributed by atoms with van der Waals surface area (Å²) in [5, 5.41) is 5.57. The lowest BCUT2D eigenvalue weighted by atomic mass is 10.2. The fourth-order valence-electron chi connectivity index (χ4n) is 2.24. The number of nitrogens with one attached hydrogen (secondary N) is 2. The maximum atomic E-state index is 12.1. The zero-order valence-corrected chi connectivity index (χ0v) is 15.9. The monoisotopic (exact) mass is 368 g/mol. The molecule has 0 spiro atoms. The van der Waals surface area contributed by atoms with E-state index in [4.69, 9.17) is 9.47 Å². The van der Waals surface area contributed by atoms with Gasteiger partial charge in [0.05, 0.1) is 14.2 Å². The number of ether oxygens (including phenoxy) is 2. The molecule has 0 aliphatic rings. The van der Waals surface area contributed by atoms with Gasteiger partial charge in [0.2, 0.25) is 11.8 Å². The summed E-state index contributed by atoms with van der Waals surface area (Å²) in [5.41, 5.74) is 2.14. The van der Waals surface area contributed by atoms with Gasteiger partial charge in [0.1, 0.15) is 0 Å². The SMILES string of the molecule is COc1ccc(C=CC(=O)Nc2ccc(NC(=O)C(C)C)cc2)cc1OC. The van der Waals surface area contributed by atoms with E-state index in [-0.39, 0.29) is 17.7 Å². The zero-order chi connectivity index (χ0) is 19.8. The Morgan fingerprint density at radius 3 is 2.04 bits per heavy atom. The Labute approximate surface area is 159 Å². The Morgan fingerprint density at radius 1 is 0.889 bits per heavy atom. The summed E-state index contributed by atoms with van der Waals surface area (Å²) in [7, 11) is 3.13. The number of carbonyl (C=O) groups is 2. The van der Waals surface area contributed by atoms with Crippen molar-refractivity contribution in [3.63, 3.8) is 0 Å². The third-order valence-electron chi connectivity index (χ3n) is 3.78. The smallest absolute Gasteiger partial charge is 0.248 e. The molecule has 0 heterocycles. The van der Waals surface area contributed by atoms with Gasteiger partial charge in [-0.15, -0.1) is 0 Å². The third kappa shape index (κ3) is 5.88. The molecule has 0 saturated carbocycles. The predicted molar refractivity (Wildman–Crippen MR) is 107 cm³/mol. The Bertz CT molecular complexity index is 827. The van der Waals surface area contributed by atoms with E-state index in [2.05, 4.69) is 10.6 Å². The second-order valence-electron chi connectivity index (χ2n) is 6.16. The van der Waals surface area contributed by atoms with Gasteiger partial charge in [-0.1, -0.05) is 19.9 Å². The highest BCUT2D eigenvalue weighted by molar-refractivity contribution is 6.02. The van der Waals surface area contributed by atoms with Crippen molar-refractivity contribution in [1.82, 2.24) is 0 Å². The van der Waals surface area contributed by atoms with E-state index in [1.54, 1.807) is 56.7 Å². The van der Waals surface area contributed by atoms with Crippen molar-refractivity contribution in [2.45, 2.75) is 13.8 Å². The second kappa shape index (κ2) is 9.43. The first-order valence-electron chi connectivity index (χ1n) is 8.55. The van der Waals surface area contributed by atoms with Crippen LogP contribution in [0.5, 0.6) is 11.5 Å². The molecule has 0 atom stereocenters. The van der Waals surface area contributed by atoms with E-state index >= 15 is 0 Å². The highest BCUT2D eigenvalue weighted by atomic mass is 16.5. The van der Waals surface area contributed by atoms with Crippen molar-refractivity contribution in [3.05, 3.63) is 54.1 Å². The van der Waals surface area contributed by atoms with Crippen LogP contribution in [0.4, 0.5) is 11.4 Å². The van der Waals surface area contributed by atoms with Gasteiger partial charge in [0, 0.05) is 23.4 Å². The molecule has 0 bridgehead atoms. The molecule has 0 saturated heterocycles. The number of anilines is 2. The van der Waals surface area contributed by atoms with Crippen LogP contribution in [0.25, 0.3) is 6.08 Å². The minimum atomic E-state index is -0.260. The molecule has 0 unspecified atom stereocenters.